The van der Waals surface area contributed by atoms with E-state index < -0.39 is 0 Å². The van der Waals surface area contributed by atoms with Crippen LogP contribution in [-0.4, -0.2) is 45.5 Å². The Morgan fingerprint density at radius 1 is 0.812 bits per heavy atom. The average molecular weight is 429 g/mol. The number of ether oxygens (including phenoxy) is 3. The highest BCUT2D eigenvalue weighted by Gasteiger charge is 2.21. The molecule has 0 N–H and O–H groups in total. The van der Waals surface area contributed by atoms with Gasteiger partial charge in [-0.3, -0.25) is 4.57 Å². The largest absolute Gasteiger partial charge is 0.495 e. The number of methoxy groups -OCH3 is 3. The number of rotatable bonds is 5. The van der Waals surface area contributed by atoms with Gasteiger partial charge in [0.1, 0.15) is 12.1 Å². The minimum absolute atomic E-state index is 0.586. The highest BCUT2D eigenvalue weighted by atomic mass is 16.5. The van der Waals surface area contributed by atoms with Crippen molar-refractivity contribution in [1.82, 2.24) is 24.1 Å². The van der Waals surface area contributed by atoms with Crippen LogP contribution >= 0.6 is 0 Å². The van der Waals surface area contributed by atoms with Gasteiger partial charge >= 0.3 is 0 Å². The zero-order valence-electron chi connectivity index (χ0n) is 18.6. The Bertz CT molecular complexity index is 1470. The first-order valence-electron chi connectivity index (χ1n) is 10.2. The highest BCUT2D eigenvalue weighted by Crippen LogP contribution is 2.35. The van der Waals surface area contributed by atoms with E-state index in [0.717, 1.165) is 44.9 Å². The molecule has 0 aliphatic rings. The van der Waals surface area contributed by atoms with Crippen molar-refractivity contribution < 1.29 is 14.2 Å². The predicted molar refractivity (Wildman–Crippen MR) is 122 cm³/mol. The molecule has 0 bridgehead atoms. The Balaban J connectivity index is 1.74. The second-order valence-corrected chi connectivity index (χ2v) is 7.43. The molecule has 8 nitrogen and oxygen atoms in total. The van der Waals surface area contributed by atoms with Crippen molar-refractivity contribution in [2.24, 2.45) is 0 Å². The molecule has 0 atom stereocenters. The standard InChI is InChI=1S/C24H23N5O3/c1-14-15(2)29(17-8-6-7-9-18(17)30-3)23-21(14)24-26-22(27-28(24)13-25-23)16-10-11-19(31-4)20(12-16)32-5/h6-13H,1-5H3. The van der Waals surface area contributed by atoms with Crippen molar-refractivity contribution >= 4 is 16.7 Å². The Hall–Kier alpha value is -4.07. The van der Waals surface area contributed by atoms with Gasteiger partial charge in [0.25, 0.3) is 0 Å². The van der Waals surface area contributed by atoms with Crippen molar-refractivity contribution in [2.45, 2.75) is 13.8 Å². The molecule has 2 aromatic carbocycles. The Kier molecular flexibility index (Phi) is 4.70. The first-order valence-corrected chi connectivity index (χ1v) is 10.2. The summed E-state index contributed by atoms with van der Waals surface area (Å²) in [6, 6.07) is 13.5. The summed E-state index contributed by atoms with van der Waals surface area (Å²) in [6.07, 6.45) is 1.69. The molecule has 0 unspecified atom stereocenters. The molecule has 162 valence electrons. The van der Waals surface area contributed by atoms with Crippen LogP contribution in [0.15, 0.2) is 48.8 Å². The van der Waals surface area contributed by atoms with E-state index in [9.17, 15) is 0 Å². The van der Waals surface area contributed by atoms with E-state index in [2.05, 4.69) is 23.5 Å². The lowest BCUT2D eigenvalue weighted by atomic mass is 10.2. The molecule has 3 aromatic heterocycles. The van der Waals surface area contributed by atoms with Gasteiger partial charge in [-0.05, 0) is 49.7 Å². The van der Waals surface area contributed by atoms with Gasteiger partial charge in [0.05, 0.1) is 32.4 Å². The number of aryl methyl sites for hydroxylation is 1. The lowest BCUT2D eigenvalue weighted by molar-refractivity contribution is 0.355. The molecule has 8 heteroatoms. The summed E-state index contributed by atoms with van der Waals surface area (Å²) in [7, 11) is 4.89. The number of hydrogen-bond acceptors (Lipinski definition) is 6. The Labute approximate surface area is 185 Å². The minimum atomic E-state index is 0.586. The monoisotopic (exact) mass is 429 g/mol. The van der Waals surface area contributed by atoms with Gasteiger partial charge in [0.2, 0.25) is 0 Å². The molecule has 3 heterocycles. The van der Waals surface area contributed by atoms with E-state index >= 15 is 0 Å². The van der Waals surface area contributed by atoms with Crippen LogP contribution < -0.4 is 14.2 Å². The van der Waals surface area contributed by atoms with E-state index in [-0.39, 0.29) is 0 Å². The van der Waals surface area contributed by atoms with Crippen molar-refractivity contribution in [3.63, 3.8) is 0 Å². The fourth-order valence-electron chi connectivity index (χ4n) is 4.07. The van der Waals surface area contributed by atoms with Crippen LogP contribution in [0, 0.1) is 13.8 Å². The maximum atomic E-state index is 5.60. The lowest BCUT2D eigenvalue weighted by Crippen LogP contribution is -2.01. The molecule has 0 saturated carbocycles. The molecule has 5 aromatic rings. The van der Waals surface area contributed by atoms with Gasteiger partial charge in [-0.1, -0.05) is 12.1 Å². The van der Waals surface area contributed by atoms with Gasteiger partial charge in [-0.25, -0.2) is 14.5 Å². The van der Waals surface area contributed by atoms with Gasteiger partial charge < -0.3 is 14.2 Å². The maximum Gasteiger partial charge on any atom is 0.182 e. The molecular weight excluding hydrogens is 406 g/mol. The molecule has 0 amide bonds. The highest BCUT2D eigenvalue weighted by molar-refractivity contribution is 5.95. The summed E-state index contributed by atoms with van der Waals surface area (Å²) in [5.74, 6) is 2.65. The number of fused-ring (bicyclic) bond motifs is 3. The lowest BCUT2D eigenvalue weighted by Gasteiger charge is -2.12. The van der Waals surface area contributed by atoms with Crippen LogP contribution in [0.1, 0.15) is 11.3 Å². The second-order valence-electron chi connectivity index (χ2n) is 7.43. The summed E-state index contributed by atoms with van der Waals surface area (Å²) in [5.41, 5.74) is 5.48. The molecule has 0 radical (unpaired) electrons. The van der Waals surface area contributed by atoms with Gasteiger partial charge in [-0.2, -0.15) is 0 Å². The number of hydrogen-bond donors (Lipinski definition) is 0. The summed E-state index contributed by atoms with van der Waals surface area (Å²) < 4.78 is 20.2. The van der Waals surface area contributed by atoms with Gasteiger partial charge in [0.15, 0.2) is 28.6 Å². The molecular formula is C24H23N5O3. The summed E-state index contributed by atoms with van der Waals surface area (Å²) in [6.45, 7) is 4.15. The van der Waals surface area contributed by atoms with Crippen LogP contribution in [0.25, 0.3) is 33.8 Å². The number of nitrogens with zero attached hydrogens (tertiary/aromatic N) is 5. The Morgan fingerprint density at radius 2 is 1.56 bits per heavy atom. The van der Waals surface area contributed by atoms with Crippen molar-refractivity contribution in [1.29, 1.82) is 0 Å². The Morgan fingerprint density at radius 3 is 2.31 bits per heavy atom. The topological polar surface area (TPSA) is 75.7 Å². The molecule has 0 spiro atoms. The summed E-state index contributed by atoms with van der Waals surface area (Å²) in [5, 5.41) is 5.62. The molecule has 5 rings (SSSR count). The third-order valence-corrected chi connectivity index (χ3v) is 5.80. The minimum Gasteiger partial charge on any atom is -0.495 e. The van der Waals surface area contributed by atoms with E-state index in [1.54, 1.807) is 32.2 Å². The van der Waals surface area contributed by atoms with Gasteiger partial charge in [0, 0.05) is 11.3 Å². The van der Waals surface area contributed by atoms with Crippen molar-refractivity contribution in [3.8, 4) is 34.3 Å². The van der Waals surface area contributed by atoms with Crippen LogP contribution in [0.2, 0.25) is 0 Å². The van der Waals surface area contributed by atoms with E-state index in [1.165, 1.54) is 0 Å². The summed E-state index contributed by atoms with van der Waals surface area (Å²) >= 11 is 0. The smallest absolute Gasteiger partial charge is 0.182 e. The fourth-order valence-corrected chi connectivity index (χ4v) is 4.07. The SMILES string of the molecule is COc1ccc(-c2nc3c4c(C)c(C)n(-c5ccccc5OC)c4ncn3n2)cc1OC. The molecule has 0 saturated heterocycles. The second kappa shape index (κ2) is 7.56. The average Bonchev–Trinajstić information content (AvgIpc) is 3.37. The molecule has 0 aliphatic heterocycles. The zero-order chi connectivity index (χ0) is 22.4. The number of aromatic nitrogens is 5. The third-order valence-electron chi connectivity index (χ3n) is 5.80. The van der Waals surface area contributed by atoms with Crippen molar-refractivity contribution in [2.75, 3.05) is 21.3 Å². The first-order chi connectivity index (χ1) is 15.6. The van der Waals surface area contributed by atoms with Crippen LogP contribution in [-0.2, 0) is 0 Å². The summed E-state index contributed by atoms with van der Waals surface area (Å²) in [4.78, 5) is 9.60. The van der Waals surface area contributed by atoms with Crippen LogP contribution in [0.4, 0.5) is 0 Å². The van der Waals surface area contributed by atoms with Crippen molar-refractivity contribution in [3.05, 3.63) is 60.0 Å². The number of benzene rings is 2. The number of para-hydroxylation sites is 2. The van der Waals surface area contributed by atoms with Crippen LogP contribution in [0.5, 0.6) is 17.2 Å². The zero-order valence-corrected chi connectivity index (χ0v) is 18.6. The van der Waals surface area contributed by atoms with Crippen LogP contribution in [0.3, 0.4) is 0 Å². The van der Waals surface area contributed by atoms with Gasteiger partial charge in [-0.15, -0.1) is 5.10 Å². The quantitative estimate of drug-likeness (QED) is 0.413. The predicted octanol–water partition coefficient (Wildman–Crippen LogP) is 4.38. The maximum absolute atomic E-state index is 5.60. The fraction of sp³-hybridized carbons (Fsp3) is 0.208. The normalized spacial score (nSPS) is 11.3. The molecule has 32 heavy (non-hydrogen) atoms. The molecule has 0 aliphatic carbocycles. The van der Waals surface area contributed by atoms with E-state index in [1.807, 2.05) is 42.5 Å². The first kappa shape index (κ1) is 19.9. The third kappa shape index (κ3) is 2.87. The molecule has 0 fully saturated rings. The van der Waals surface area contributed by atoms with E-state index in [4.69, 9.17) is 24.2 Å². The van der Waals surface area contributed by atoms with E-state index in [0.29, 0.717) is 17.3 Å².